The van der Waals surface area contributed by atoms with E-state index >= 15 is 0 Å². The number of ether oxygens (including phenoxy) is 2. The van der Waals surface area contributed by atoms with Crippen LogP contribution in [0.2, 0.25) is 0 Å². The zero-order valence-electron chi connectivity index (χ0n) is 17.0. The van der Waals surface area contributed by atoms with Crippen LogP contribution < -0.4 is 10.6 Å². The van der Waals surface area contributed by atoms with Crippen LogP contribution in [0.15, 0.2) is 0 Å². The summed E-state index contributed by atoms with van der Waals surface area (Å²) in [5.74, 6) is 0. The lowest BCUT2D eigenvalue weighted by Gasteiger charge is -2.30. The molecule has 5 nitrogen and oxygen atoms in total. The molecule has 148 valence electrons. The molecule has 0 aromatic carbocycles. The van der Waals surface area contributed by atoms with Gasteiger partial charge in [-0.05, 0) is 72.8 Å². The third kappa shape index (κ3) is 11.4. The van der Waals surface area contributed by atoms with E-state index < -0.39 is 5.60 Å². The van der Waals surface area contributed by atoms with Crippen molar-refractivity contribution in [1.82, 2.24) is 10.6 Å². The first-order valence-corrected chi connectivity index (χ1v) is 10.1. The minimum atomic E-state index is -0.438. The average Bonchev–Trinajstić information content (AvgIpc) is 2.52. The Labute approximate surface area is 154 Å². The highest BCUT2D eigenvalue weighted by atomic mass is 16.6. The van der Waals surface area contributed by atoms with Gasteiger partial charge in [0.15, 0.2) is 0 Å². The molecule has 1 atom stereocenters. The van der Waals surface area contributed by atoms with E-state index in [2.05, 4.69) is 24.5 Å². The van der Waals surface area contributed by atoms with Crippen LogP contribution in [-0.4, -0.2) is 43.0 Å². The van der Waals surface area contributed by atoms with Crippen molar-refractivity contribution in [3.8, 4) is 0 Å². The summed E-state index contributed by atoms with van der Waals surface area (Å²) in [5, 5.41) is 6.54. The molecule has 1 amide bonds. The highest BCUT2D eigenvalue weighted by molar-refractivity contribution is 5.68. The van der Waals surface area contributed by atoms with Crippen molar-refractivity contribution in [3.63, 3.8) is 0 Å². The van der Waals surface area contributed by atoms with Gasteiger partial charge in [0.25, 0.3) is 0 Å². The molecular formula is C20H40N2O3. The van der Waals surface area contributed by atoms with Gasteiger partial charge in [0.1, 0.15) is 5.60 Å². The molecule has 0 spiro atoms. The van der Waals surface area contributed by atoms with Gasteiger partial charge in [0, 0.05) is 18.7 Å². The van der Waals surface area contributed by atoms with E-state index in [0.717, 1.165) is 45.3 Å². The van der Waals surface area contributed by atoms with Crippen LogP contribution in [0.3, 0.4) is 0 Å². The summed E-state index contributed by atoms with van der Waals surface area (Å²) in [7, 11) is 0. The third-order valence-corrected chi connectivity index (χ3v) is 4.55. The van der Waals surface area contributed by atoms with Gasteiger partial charge < -0.3 is 20.1 Å². The molecule has 1 unspecified atom stereocenters. The largest absolute Gasteiger partial charge is 0.444 e. The normalized spacial score (nSPS) is 22.4. The van der Waals surface area contributed by atoms with Crippen LogP contribution in [0.25, 0.3) is 0 Å². The molecule has 0 radical (unpaired) electrons. The van der Waals surface area contributed by atoms with E-state index in [1.54, 1.807) is 0 Å². The monoisotopic (exact) mass is 356 g/mol. The van der Waals surface area contributed by atoms with Crippen LogP contribution in [-0.2, 0) is 9.47 Å². The second-order valence-corrected chi connectivity index (χ2v) is 8.34. The Morgan fingerprint density at radius 2 is 1.84 bits per heavy atom. The molecule has 1 saturated carbocycles. The maximum Gasteiger partial charge on any atom is 0.407 e. The van der Waals surface area contributed by atoms with Gasteiger partial charge in [0.2, 0.25) is 0 Å². The van der Waals surface area contributed by atoms with Crippen molar-refractivity contribution >= 4 is 6.09 Å². The fourth-order valence-electron chi connectivity index (χ4n) is 3.13. The topological polar surface area (TPSA) is 59.6 Å². The quantitative estimate of drug-likeness (QED) is 0.570. The smallest absolute Gasteiger partial charge is 0.407 e. The number of alkyl carbamates (subject to hydrolysis) is 1. The van der Waals surface area contributed by atoms with Crippen LogP contribution in [0.4, 0.5) is 4.79 Å². The molecule has 1 rings (SSSR count). The minimum absolute atomic E-state index is 0.218. The fourth-order valence-corrected chi connectivity index (χ4v) is 3.13. The van der Waals surface area contributed by atoms with Gasteiger partial charge in [-0.25, -0.2) is 4.79 Å². The average molecular weight is 357 g/mol. The number of hydrogen-bond acceptors (Lipinski definition) is 4. The maximum absolute atomic E-state index is 11.8. The van der Waals surface area contributed by atoms with Gasteiger partial charge in [-0.15, -0.1) is 0 Å². The molecule has 0 aliphatic heterocycles. The summed E-state index contributed by atoms with van der Waals surface area (Å²) in [6.45, 7) is 12.0. The van der Waals surface area contributed by atoms with E-state index in [0.29, 0.717) is 12.1 Å². The predicted molar refractivity (Wildman–Crippen MR) is 103 cm³/mol. The van der Waals surface area contributed by atoms with Crippen molar-refractivity contribution in [1.29, 1.82) is 0 Å². The number of nitrogens with one attached hydrogen (secondary N) is 2. The van der Waals surface area contributed by atoms with Gasteiger partial charge in [-0.3, -0.25) is 0 Å². The Kier molecular flexibility index (Phi) is 10.4. The minimum Gasteiger partial charge on any atom is -0.444 e. The van der Waals surface area contributed by atoms with Gasteiger partial charge >= 0.3 is 6.09 Å². The summed E-state index contributed by atoms with van der Waals surface area (Å²) in [4.78, 5) is 11.8. The first-order chi connectivity index (χ1) is 11.8. The fraction of sp³-hybridized carbons (Fsp3) is 0.950. The van der Waals surface area contributed by atoms with Gasteiger partial charge in [-0.2, -0.15) is 0 Å². The highest BCUT2D eigenvalue weighted by Crippen LogP contribution is 2.21. The molecule has 0 bridgehead atoms. The molecule has 0 saturated heterocycles. The summed E-state index contributed by atoms with van der Waals surface area (Å²) in [6, 6.07) is 0.824. The van der Waals surface area contributed by atoms with Crippen LogP contribution in [0.1, 0.15) is 86.0 Å². The van der Waals surface area contributed by atoms with E-state index in [1.165, 1.54) is 19.3 Å². The van der Waals surface area contributed by atoms with Crippen LogP contribution in [0.5, 0.6) is 0 Å². The van der Waals surface area contributed by atoms with Crippen molar-refractivity contribution in [2.45, 2.75) is 110 Å². The lowest BCUT2D eigenvalue weighted by Crippen LogP contribution is -2.41. The van der Waals surface area contributed by atoms with Crippen molar-refractivity contribution in [2.24, 2.45) is 0 Å². The maximum atomic E-state index is 11.8. The Balaban J connectivity index is 2.04. The molecule has 1 aliphatic carbocycles. The first kappa shape index (κ1) is 22.2. The molecule has 25 heavy (non-hydrogen) atoms. The first-order valence-electron chi connectivity index (χ1n) is 10.1. The summed E-state index contributed by atoms with van der Waals surface area (Å²) in [5.41, 5.74) is -0.438. The standard InChI is InChI=1S/C20H40N2O3/c1-6-7-9-16(2)21-14-8-15-24-18-12-10-17(11-13-18)22-19(23)25-20(3,4)5/h16-18,21H,6-15H2,1-5H3,(H,22,23). The molecule has 0 aromatic rings. The number of unbranched alkanes of at least 4 members (excludes halogenated alkanes) is 1. The lowest BCUT2D eigenvalue weighted by atomic mass is 9.93. The zero-order valence-corrected chi connectivity index (χ0v) is 17.0. The molecule has 1 aliphatic rings. The number of amides is 1. The summed E-state index contributed by atoms with van der Waals surface area (Å²) < 4.78 is 11.3. The molecular weight excluding hydrogens is 316 g/mol. The molecule has 0 heterocycles. The number of hydrogen-bond donors (Lipinski definition) is 2. The number of carbonyl (C=O) groups is 1. The molecule has 2 N–H and O–H groups in total. The Morgan fingerprint density at radius 3 is 2.44 bits per heavy atom. The van der Waals surface area contributed by atoms with E-state index in [9.17, 15) is 4.79 Å². The SMILES string of the molecule is CCCCC(C)NCCCOC1CCC(NC(=O)OC(C)(C)C)CC1. The van der Waals surface area contributed by atoms with Crippen molar-refractivity contribution in [3.05, 3.63) is 0 Å². The summed E-state index contributed by atoms with van der Waals surface area (Å²) in [6.07, 6.45) is 8.88. The Hall–Kier alpha value is -0.810. The molecule has 5 heteroatoms. The van der Waals surface area contributed by atoms with Crippen molar-refractivity contribution < 1.29 is 14.3 Å². The number of carbonyl (C=O) groups excluding carboxylic acids is 1. The van der Waals surface area contributed by atoms with Gasteiger partial charge in [-0.1, -0.05) is 19.8 Å². The van der Waals surface area contributed by atoms with Crippen LogP contribution >= 0.6 is 0 Å². The second-order valence-electron chi connectivity index (χ2n) is 8.34. The van der Waals surface area contributed by atoms with E-state index in [1.807, 2.05) is 20.8 Å². The lowest BCUT2D eigenvalue weighted by molar-refractivity contribution is 0.0169. The van der Waals surface area contributed by atoms with Crippen LogP contribution in [0, 0.1) is 0 Å². The van der Waals surface area contributed by atoms with Crippen molar-refractivity contribution in [2.75, 3.05) is 13.2 Å². The van der Waals surface area contributed by atoms with E-state index in [-0.39, 0.29) is 12.1 Å². The molecule has 0 aromatic heterocycles. The highest BCUT2D eigenvalue weighted by Gasteiger charge is 2.24. The Bertz CT molecular complexity index is 360. The zero-order chi connectivity index (χ0) is 18.7. The second kappa shape index (κ2) is 11.7. The number of rotatable bonds is 10. The van der Waals surface area contributed by atoms with E-state index in [4.69, 9.17) is 9.47 Å². The summed E-state index contributed by atoms with van der Waals surface area (Å²) >= 11 is 0. The Morgan fingerprint density at radius 1 is 1.16 bits per heavy atom. The molecule has 1 fully saturated rings. The predicted octanol–water partition coefficient (Wildman–Crippen LogP) is 4.40. The third-order valence-electron chi connectivity index (χ3n) is 4.55. The van der Waals surface area contributed by atoms with Gasteiger partial charge in [0.05, 0.1) is 6.10 Å².